The molecule has 5 nitrogen and oxygen atoms in total. The van der Waals surface area contributed by atoms with Crippen molar-refractivity contribution in [2.24, 2.45) is 0 Å². The lowest BCUT2D eigenvalue weighted by Crippen LogP contribution is -2.39. The van der Waals surface area contributed by atoms with Crippen LogP contribution in [0.2, 0.25) is 0 Å². The average Bonchev–Trinajstić information content (AvgIpc) is 2.67. The van der Waals surface area contributed by atoms with Crippen molar-refractivity contribution in [1.29, 1.82) is 0 Å². The first-order valence-electron chi connectivity index (χ1n) is 8.33. The highest BCUT2D eigenvalue weighted by atomic mass is 16.5. The van der Waals surface area contributed by atoms with Gasteiger partial charge < -0.3 is 19.7 Å². The minimum Gasteiger partial charge on any atom is -0.493 e. The van der Waals surface area contributed by atoms with Gasteiger partial charge in [0.1, 0.15) is 0 Å². The molecule has 0 aromatic heterocycles. The van der Waals surface area contributed by atoms with Gasteiger partial charge in [-0.2, -0.15) is 0 Å². The maximum absolute atomic E-state index is 12.3. The summed E-state index contributed by atoms with van der Waals surface area (Å²) in [6.07, 6.45) is 0.722. The van der Waals surface area contributed by atoms with Crippen molar-refractivity contribution in [2.75, 3.05) is 27.8 Å². The lowest BCUT2D eigenvalue weighted by atomic mass is 10.1. The molecule has 0 heterocycles. The number of amides is 2. The van der Waals surface area contributed by atoms with Crippen molar-refractivity contribution < 1.29 is 14.3 Å². The van der Waals surface area contributed by atoms with E-state index in [9.17, 15) is 4.79 Å². The Morgan fingerprint density at radius 1 is 1.08 bits per heavy atom. The quantitative estimate of drug-likeness (QED) is 0.836. The molecule has 0 aliphatic rings. The van der Waals surface area contributed by atoms with Crippen LogP contribution in [0.3, 0.4) is 0 Å². The van der Waals surface area contributed by atoms with Gasteiger partial charge in [-0.25, -0.2) is 4.79 Å². The zero-order valence-electron chi connectivity index (χ0n) is 15.3. The molecule has 0 saturated heterocycles. The first kappa shape index (κ1) is 18.6. The van der Waals surface area contributed by atoms with Crippen LogP contribution >= 0.6 is 0 Å². The minimum atomic E-state index is -0.0863. The molecule has 2 aromatic rings. The Hall–Kier alpha value is -2.69. The number of hydrogen-bond acceptors (Lipinski definition) is 3. The Labute approximate surface area is 149 Å². The van der Waals surface area contributed by atoms with Crippen molar-refractivity contribution in [2.45, 2.75) is 19.4 Å². The first-order valence-corrected chi connectivity index (χ1v) is 8.33. The van der Waals surface area contributed by atoms with Gasteiger partial charge in [0.05, 0.1) is 20.3 Å². The standard InChI is InChI=1S/C20H26N2O3/c1-15(17-8-6-5-7-9-17)22(2)20(23)21-13-12-16-10-11-18(24-3)19(14-16)25-4/h5-11,14-15H,12-13H2,1-4H3,(H,21,23). The Morgan fingerprint density at radius 3 is 2.40 bits per heavy atom. The fourth-order valence-electron chi connectivity index (χ4n) is 2.61. The molecule has 0 bridgehead atoms. The number of rotatable bonds is 7. The van der Waals surface area contributed by atoms with Gasteiger partial charge in [-0.3, -0.25) is 0 Å². The van der Waals surface area contributed by atoms with Crippen LogP contribution < -0.4 is 14.8 Å². The third kappa shape index (κ3) is 4.89. The van der Waals surface area contributed by atoms with Crippen molar-refractivity contribution in [3.05, 3.63) is 59.7 Å². The molecule has 0 aliphatic heterocycles. The monoisotopic (exact) mass is 342 g/mol. The van der Waals surface area contributed by atoms with Gasteiger partial charge in [0.15, 0.2) is 11.5 Å². The van der Waals surface area contributed by atoms with E-state index in [4.69, 9.17) is 9.47 Å². The van der Waals surface area contributed by atoms with E-state index >= 15 is 0 Å². The van der Waals surface area contributed by atoms with Crippen LogP contribution in [0.4, 0.5) is 4.79 Å². The van der Waals surface area contributed by atoms with Crippen molar-refractivity contribution in [3.63, 3.8) is 0 Å². The number of ether oxygens (including phenoxy) is 2. The van der Waals surface area contributed by atoms with E-state index in [-0.39, 0.29) is 12.1 Å². The largest absolute Gasteiger partial charge is 0.493 e. The zero-order chi connectivity index (χ0) is 18.2. The summed E-state index contributed by atoms with van der Waals surface area (Å²) in [5, 5.41) is 2.96. The molecule has 25 heavy (non-hydrogen) atoms. The predicted molar refractivity (Wildman–Crippen MR) is 99.3 cm³/mol. The summed E-state index contributed by atoms with van der Waals surface area (Å²) >= 11 is 0. The van der Waals surface area contributed by atoms with E-state index in [1.807, 2.05) is 62.5 Å². The molecule has 2 rings (SSSR count). The van der Waals surface area contributed by atoms with Gasteiger partial charge in [-0.05, 0) is 36.6 Å². The molecular weight excluding hydrogens is 316 g/mol. The number of urea groups is 1. The van der Waals surface area contributed by atoms with Crippen molar-refractivity contribution >= 4 is 6.03 Å². The fraction of sp³-hybridized carbons (Fsp3) is 0.350. The Morgan fingerprint density at radius 2 is 1.76 bits per heavy atom. The molecule has 0 fully saturated rings. The number of carbonyl (C=O) groups excluding carboxylic acids is 1. The van der Waals surface area contributed by atoms with Gasteiger partial charge in [-0.1, -0.05) is 36.4 Å². The van der Waals surface area contributed by atoms with Gasteiger partial charge in [0, 0.05) is 13.6 Å². The summed E-state index contributed by atoms with van der Waals surface area (Å²) in [6.45, 7) is 2.57. The van der Waals surface area contributed by atoms with Crippen LogP contribution in [-0.2, 0) is 6.42 Å². The fourth-order valence-corrected chi connectivity index (χ4v) is 2.61. The third-order valence-electron chi connectivity index (χ3n) is 4.32. The summed E-state index contributed by atoms with van der Waals surface area (Å²) < 4.78 is 10.5. The molecule has 1 atom stereocenters. The smallest absolute Gasteiger partial charge is 0.317 e. The maximum Gasteiger partial charge on any atom is 0.317 e. The second kappa shape index (κ2) is 8.97. The summed E-state index contributed by atoms with van der Waals surface area (Å²) in [6, 6.07) is 15.7. The summed E-state index contributed by atoms with van der Waals surface area (Å²) in [4.78, 5) is 14.1. The van der Waals surface area contributed by atoms with Crippen molar-refractivity contribution in [3.8, 4) is 11.5 Å². The molecule has 5 heteroatoms. The molecule has 1 unspecified atom stereocenters. The van der Waals surface area contributed by atoms with Crippen LogP contribution in [0.1, 0.15) is 24.1 Å². The molecule has 134 valence electrons. The highest BCUT2D eigenvalue weighted by molar-refractivity contribution is 5.74. The Balaban J connectivity index is 1.87. The SMILES string of the molecule is COc1ccc(CCNC(=O)N(C)C(C)c2ccccc2)cc1OC. The van der Waals surface area contributed by atoms with Crippen molar-refractivity contribution in [1.82, 2.24) is 10.2 Å². The normalized spacial score (nSPS) is 11.5. The van der Waals surface area contributed by atoms with Crippen LogP contribution in [-0.4, -0.2) is 38.7 Å². The highest BCUT2D eigenvalue weighted by Crippen LogP contribution is 2.27. The van der Waals surface area contributed by atoms with E-state index in [1.165, 1.54) is 0 Å². The van der Waals surface area contributed by atoms with Gasteiger partial charge >= 0.3 is 6.03 Å². The molecular formula is C20H26N2O3. The lowest BCUT2D eigenvalue weighted by molar-refractivity contribution is 0.194. The average molecular weight is 342 g/mol. The molecule has 2 aromatic carbocycles. The molecule has 0 spiro atoms. The van der Waals surface area contributed by atoms with Crippen LogP contribution in [0.5, 0.6) is 11.5 Å². The highest BCUT2D eigenvalue weighted by Gasteiger charge is 2.16. The van der Waals surface area contributed by atoms with Crippen LogP contribution in [0.25, 0.3) is 0 Å². The van der Waals surface area contributed by atoms with Gasteiger partial charge in [0.25, 0.3) is 0 Å². The number of nitrogens with one attached hydrogen (secondary N) is 1. The Kier molecular flexibility index (Phi) is 6.69. The van der Waals surface area contributed by atoms with E-state index in [0.717, 1.165) is 17.5 Å². The molecule has 0 radical (unpaired) electrons. The molecule has 0 saturated carbocycles. The van der Waals surface area contributed by atoms with E-state index in [2.05, 4.69) is 5.32 Å². The molecule has 1 N–H and O–H groups in total. The number of hydrogen-bond donors (Lipinski definition) is 1. The summed E-state index contributed by atoms with van der Waals surface area (Å²) in [5.74, 6) is 1.40. The van der Waals surface area contributed by atoms with Gasteiger partial charge in [0.2, 0.25) is 0 Å². The summed E-state index contributed by atoms with van der Waals surface area (Å²) in [7, 11) is 5.04. The van der Waals surface area contributed by atoms with Crippen LogP contribution in [0, 0.1) is 0 Å². The lowest BCUT2D eigenvalue weighted by Gasteiger charge is -2.25. The first-order chi connectivity index (χ1) is 12.1. The van der Waals surface area contributed by atoms with E-state index < -0.39 is 0 Å². The second-order valence-electron chi connectivity index (χ2n) is 5.87. The predicted octanol–water partition coefficient (Wildman–Crippen LogP) is 3.65. The summed E-state index contributed by atoms with van der Waals surface area (Å²) in [5.41, 5.74) is 2.19. The number of nitrogens with zero attached hydrogens (tertiary/aromatic N) is 1. The number of methoxy groups -OCH3 is 2. The Bertz CT molecular complexity index is 689. The molecule has 2 amide bonds. The molecule has 0 aliphatic carbocycles. The zero-order valence-corrected chi connectivity index (χ0v) is 15.3. The number of benzene rings is 2. The maximum atomic E-state index is 12.3. The van der Waals surface area contributed by atoms with E-state index in [1.54, 1.807) is 19.1 Å². The topological polar surface area (TPSA) is 50.8 Å². The van der Waals surface area contributed by atoms with E-state index in [0.29, 0.717) is 18.0 Å². The second-order valence-corrected chi connectivity index (χ2v) is 5.87. The van der Waals surface area contributed by atoms with Crippen LogP contribution in [0.15, 0.2) is 48.5 Å². The minimum absolute atomic E-state index is 0.0160. The van der Waals surface area contributed by atoms with Gasteiger partial charge in [-0.15, -0.1) is 0 Å². The number of carbonyl (C=O) groups is 1. The third-order valence-corrected chi connectivity index (χ3v) is 4.32.